The summed E-state index contributed by atoms with van der Waals surface area (Å²) in [5.74, 6) is 1.18. The average Bonchev–Trinajstić information content (AvgIpc) is 2.91. The van der Waals surface area contributed by atoms with Crippen molar-refractivity contribution in [1.29, 1.82) is 0 Å². The summed E-state index contributed by atoms with van der Waals surface area (Å²) in [6, 6.07) is 0. The first-order chi connectivity index (χ1) is 14.2. The Labute approximate surface area is 203 Å². The van der Waals surface area contributed by atoms with E-state index in [0.29, 0.717) is 11.8 Å². The standard InChI is InChI=1S/C28H46P.Sn/c1-9-12-15-22-18-24(19(4)5)26-25(20(6)7)21(8)28(29,17-14-11-3)27(26)23(22)16-13-10-2;/h19-20H,9-17,29H2,1-8H3;. The van der Waals surface area contributed by atoms with E-state index in [1.54, 1.807) is 65.1 Å². The zero-order chi connectivity index (χ0) is 22.6. The molecule has 1 aliphatic carbocycles. The van der Waals surface area contributed by atoms with Crippen LogP contribution in [0, 0.1) is 5.92 Å². The molecule has 167 valence electrons. The first-order valence-corrected chi connectivity index (χ1v) is 14.6. The van der Waals surface area contributed by atoms with E-state index in [9.17, 15) is 0 Å². The number of unbranched alkanes of at least 4 members (excludes halogenated alkanes) is 3. The van der Waals surface area contributed by atoms with E-state index >= 15 is 0 Å². The van der Waals surface area contributed by atoms with Gasteiger partial charge in [-0.3, -0.25) is 0 Å². The van der Waals surface area contributed by atoms with Crippen molar-refractivity contribution >= 4 is 40.9 Å². The molecule has 0 saturated carbocycles. The number of fused-ring (bicyclic) bond motifs is 1. The summed E-state index contributed by atoms with van der Waals surface area (Å²) in [5.41, 5.74) is 11.9. The Kier molecular flexibility index (Phi) is 10.0. The van der Waals surface area contributed by atoms with Gasteiger partial charge >= 0.3 is 204 Å². The monoisotopic (exact) mass is 533 g/mol. The van der Waals surface area contributed by atoms with E-state index in [4.69, 9.17) is 0 Å². The van der Waals surface area contributed by atoms with E-state index in [1.807, 2.05) is 0 Å². The third-order valence-corrected chi connectivity index (χ3v) is 9.83. The topological polar surface area (TPSA) is 0 Å². The van der Waals surface area contributed by atoms with Gasteiger partial charge in [-0.1, -0.05) is 0 Å². The second kappa shape index (κ2) is 11.4. The van der Waals surface area contributed by atoms with E-state index < -0.39 is 0 Å². The zero-order valence-corrected chi connectivity index (χ0v) is 25.1. The molecule has 2 rings (SSSR count). The molecule has 0 N–H and O–H groups in total. The molecule has 3 radical (unpaired) electrons. The fourth-order valence-corrected chi connectivity index (χ4v) is 8.23. The Morgan fingerprint density at radius 3 is 1.83 bits per heavy atom. The van der Waals surface area contributed by atoms with Crippen LogP contribution in [0.3, 0.4) is 0 Å². The predicted octanol–water partition coefficient (Wildman–Crippen LogP) is 7.99. The number of rotatable bonds is 11. The quantitative estimate of drug-likeness (QED) is 0.200. The maximum atomic E-state index is 3.41. The summed E-state index contributed by atoms with van der Waals surface area (Å²) in [6.07, 6.45) is 11.6. The molecule has 0 fully saturated rings. The van der Waals surface area contributed by atoms with Crippen LogP contribution < -0.4 is 3.58 Å². The molecular formula is C28H46PSn. The Balaban J connectivity index is 2.97. The number of benzene rings is 1. The van der Waals surface area contributed by atoms with Crippen LogP contribution in [0.25, 0.3) is 5.57 Å². The van der Waals surface area contributed by atoms with Gasteiger partial charge in [-0.25, -0.2) is 0 Å². The van der Waals surface area contributed by atoms with Gasteiger partial charge in [-0.15, -0.1) is 0 Å². The molecule has 0 spiro atoms. The SMILES string of the molecule is CCCCc1[c]([Sn])c(C(C)C)c2c(c1CCCC)C(P)(CCCC)C(C)=C2C(C)C. The molecule has 0 saturated heterocycles. The molecule has 0 heterocycles. The molecule has 2 heteroatoms. The van der Waals surface area contributed by atoms with Crippen LogP contribution in [0.4, 0.5) is 0 Å². The number of hydrogen-bond donors (Lipinski definition) is 0. The van der Waals surface area contributed by atoms with E-state index in [-0.39, 0.29) is 5.16 Å². The molecule has 0 amide bonds. The predicted molar refractivity (Wildman–Crippen MR) is 141 cm³/mol. The van der Waals surface area contributed by atoms with Gasteiger partial charge in [-0.05, 0) is 0 Å². The molecule has 0 nitrogen and oxygen atoms in total. The van der Waals surface area contributed by atoms with E-state index in [1.165, 1.54) is 57.8 Å². The summed E-state index contributed by atoms with van der Waals surface area (Å²) in [7, 11) is 3.41. The molecule has 2 atom stereocenters. The molecule has 0 aromatic heterocycles. The van der Waals surface area contributed by atoms with Crippen molar-refractivity contribution in [2.75, 3.05) is 0 Å². The van der Waals surface area contributed by atoms with Gasteiger partial charge in [0.25, 0.3) is 0 Å². The first-order valence-electron chi connectivity index (χ1n) is 12.6. The molecule has 1 aliphatic rings. The molecule has 1 aromatic rings. The first kappa shape index (κ1) is 26.4. The second-order valence-corrected chi connectivity index (χ2v) is 12.5. The third kappa shape index (κ3) is 4.90. The third-order valence-electron chi connectivity index (χ3n) is 7.19. The van der Waals surface area contributed by atoms with Crippen LogP contribution in [-0.2, 0) is 18.0 Å². The molecule has 1 aromatic carbocycles. The van der Waals surface area contributed by atoms with Gasteiger partial charge in [-0.2, -0.15) is 0 Å². The zero-order valence-electron chi connectivity index (χ0n) is 21.1. The van der Waals surface area contributed by atoms with Crippen molar-refractivity contribution in [3.63, 3.8) is 0 Å². The molecule has 30 heavy (non-hydrogen) atoms. The van der Waals surface area contributed by atoms with Gasteiger partial charge in [0.2, 0.25) is 0 Å². The van der Waals surface area contributed by atoms with Crippen LogP contribution in [0.2, 0.25) is 0 Å². The molecule has 0 bridgehead atoms. The van der Waals surface area contributed by atoms with Gasteiger partial charge in [0.05, 0.1) is 0 Å². The van der Waals surface area contributed by atoms with E-state index in [2.05, 4.69) is 64.6 Å². The summed E-state index contributed by atoms with van der Waals surface area (Å²) < 4.78 is 1.70. The Morgan fingerprint density at radius 2 is 1.37 bits per heavy atom. The average molecular weight is 532 g/mol. The van der Waals surface area contributed by atoms with Gasteiger partial charge in [0, 0.05) is 0 Å². The Morgan fingerprint density at radius 1 is 0.833 bits per heavy atom. The van der Waals surface area contributed by atoms with Gasteiger partial charge in [0.15, 0.2) is 0 Å². The molecule has 0 aliphatic heterocycles. The van der Waals surface area contributed by atoms with Gasteiger partial charge < -0.3 is 0 Å². The summed E-state index contributed by atoms with van der Waals surface area (Å²) in [4.78, 5) is 0. The van der Waals surface area contributed by atoms with Crippen molar-refractivity contribution in [2.45, 2.75) is 124 Å². The Bertz CT molecular complexity index is 772. The molecular weight excluding hydrogens is 486 g/mol. The summed E-state index contributed by atoms with van der Waals surface area (Å²) >= 11 is 1.62. The normalized spacial score (nSPS) is 18.8. The number of allylic oxidation sites excluding steroid dienone is 2. The van der Waals surface area contributed by atoms with Crippen molar-refractivity contribution in [2.24, 2.45) is 5.92 Å². The van der Waals surface area contributed by atoms with Crippen LogP contribution >= 0.6 is 9.24 Å². The minimum atomic E-state index is 0.141. The Hall–Kier alpha value is 0.189. The van der Waals surface area contributed by atoms with Crippen molar-refractivity contribution in [3.05, 3.63) is 33.4 Å². The van der Waals surface area contributed by atoms with Gasteiger partial charge in [0.1, 0.15) is 0 Å². The fraction of sp³-hybridized carbons (Fsp3) is 0.714. The fourth-order valence-electron chi connectivity index (χ4n) is 5.59. The maximum absolute atomic E-state index is 3.41. The van der Waals surface area contributed by atoms with Crippen molar-refractivity contribution in [3.8, 4) is 0 Å². The van der Waals surface area contributed by atoms with Crippen LogP contribution in [0.5, 0.6) is 0 Å². The minimum absolute atomic E-state index is 0.141. The van der Waals surface area contributed by atoms with Crippen molar-refractivity contribution < 1.29 is 0 Å². The second-order valence-electron chi connectivity index (χ2n) is 10.1. The summed E-state index contributed by atoms with van der Waals surface area (Å²) in [5, 5.41) is 0.141. The van der Waals surface area contributed by atoms with Crippen LogP contribution in [0.15, 0.2) is 5.57 Å². The van der Waals surface area contributed by atoms with Crippen LogP contribution in [-0.4, -0.2) is 22.5 Å². The van der Waals surface area contributed by atoms with Crippen molar-refractivity contribution in [1.82, 2.24) is 0 Å². The summed E-state index contributed by atoms with van der Waals surface area (Å²) in [6.45, 7) is 19.2. The van der Waals surface area contributed by atoms with Crippen LogP contribution in [0.1, 0.15) is 134 Å². The number of hydrogen-bond acceptors (Lipinski definition) is 0. The van der Waals surface area contributed by atoms with E-state index in [0.717, 1.165) is 0 Å². The molecule has 2 unspecified atom stereocenters.